The van der Waals surface area contributed by atoms with Crippen LogP contribution < -0.4 is 15.1 Å². The molecule has 2 aliphatic rings. The monoisotopic (exact) mass is 437 g/mol. The van der Waals surface area contributed by atoms with Gasteiger partial charge < -0.3 is 19.9 Å². The van der Waals surface area contributed by atoms with E-state index in [1.165, 1.54) is 0 Å². The van der Waals surface area contributed by atoms with Gasteiger partial charge in [-0.3, -0.25) is 4.90 Å². The highest BCUT2D eigenvalue weighted by molar-refractivity contribution is 5.97. The fourth-order valence-corrected chi connectivity index (χ4v) is 4.23. The molecular weight excluding hydrogens is 406 g/mol. The number of carbonyl (C=O) groups is 2. The van der Waals surface area contributed by atoms with Crippen LogP contribution in [0, 0.1) is 0 Å². The van der Waals surface area contributed by atoms with Crippen molar-refractivity contribution >= 4 is 29.3 Å². The second-order valence-electron chi connectivity index (χ2n) is 9.14. The zero-order valence-electron chi connectivity index (χ0n) is 19.0. The number of hydrogen-bond donors (Lipinski definition) is 1. The molecule has 1 aromatic heterocycles. The van der Waals surface area contributed by atoms with Gasteiger partial charge in [0.05, 0.1) is 17.4 Å². The van der Waals surface area contributed by atoms with Crippen LogP contribution in [0.15, 0.2) is 48.7 Å². The van der Waals surface area contributed by atoms with E-state index in [9.17, 15) is 9.59 Å². The van der Waals surface area contributed by atoms with Gasteiger partial charge in [-0.15, -0.1) is 0 Å². The van der Waals surface area contributed by atoms with E-state index in [0.29, 0.717) is 26.2 Å². The van der Waals surface area contributed by atoms with Crippen molar-refractivity contribution in [1.82, 2.24) is 15.2 Å². The summed E-state index contributed by atoms with van der Waals surface area (Å²) >= 11 is 0. The SMILES string of the molecule is CC(C)(C)OC(=O)N1CCC[C@@H]1CNC(=O)N1CCN(c2ccccn2)c2ccccc21. The number of hydrogen-bond acceptors (Lipinski definition) is 5. The molecule has 0 bridgehead atoms. The van der Waals surface area contributed by atoms with Crippen molar-refractivity contribution in [3.63, 3.8) is 0 Å². The highest BCUT2D eigenvalue weighted by Crippen LogP contribution is 2.36. The van der Waals surface area contributed by atoms with E-state index in [1.54, 1.807) is 16.0 Å². The quantitative estimate of drug-likeness (QED) is 0.781. The van der Waals surface area contributed by atoms with E-state index in [2.05, 4.69) is 15.2 Å². The van der Waals surface area contributed by atoms with Crippen molar-refractivity contribution in [2.45, 2.75) is 45.3 Å². The molecule has 1 fully saturated rings. The summed E-state index contributed by atoms with van der Waals surface area (Å²) in [6.45, 7) is 7.83. The third kappa shape index (κ3) is 4.79. The van der Waals surface area contributed by atoms with Gasteiger partial charge in [0.2, 0.25) is 0 Å². The maximum absolute atomic E-state index is 13.1. The molecule has 3 heterocycles. The molecule has 2 aromatic rings. The Morgan fingerprint density at radius 2 is 1.81 bits per heavy atom. The fraction of sp³-hybridized carbons (Fsp3) is 0.458. The number of amides is 3. The summed E-state index contributed by atoms with van der Waals surface area (Å²) in [5, 5.41) is 3.04. The van der Waals surface area contributed by atoms with Crippen LogP contribution >= 0.6 is 0 Å². The Morgan fingerprint density at radius 3 is 2.53 bits per heavy atom. The molecule has 4 rings (SSSR count). The van der Waals surface area contributed by atoms with E-state index >= 15 is 0 Å². The average Bonchev–Trinajstić information content (AvgIpc) is 3.25. The number of carbonyl (C=O) groups excluding carboxylic acids is 2. The summed E-state index contributed by atoms with van der Waals surface area (Å²) in [5.41, 5.74) is 1.26. The van der Waals surface area contributed by atoms with Crippen LogP contribution in [0.2, 0.25) is 0 Å². The van der Waals surface area contributed by atoms with E-state index in [-0.39, 0.29) is 18.2 Å². The highest BCUT2D eigenvalue weighted by Gasteiger charge is 2.33. The second kappa shape index (κ2) is 9.06. The van der Waals surface area contributed by atoms with Gasteiger partial charge >= 0.3 is 12.1 Å². The van der Waals surface area contributed by atoms with Crippen molar-refractivity contribution in [1.29, 1.82) is 0 Å². The molecule has 8 nitrogen and oxygen atoms in total. The lowest BCUT2D eigenvalue weighted by Crippen LogP contribution is -2.51. The van der Waals surface area contributed by atoms with Gasteiger partial charge in [0.15, 0.2) is 0 Å². The standard InChI is InChI=1S/C24H31N5O3/c1-24(2,3)32-23(31)27-14-8-9-18(27)17-26-22(30)29-16-15-28(21-12-6-7-13-25-21)19-10-4-5-11-20(19)29/h4-7,10-13,18H,8-9,14-17H2,1-3H3,(H,26,30)/t18-/m1/s1. The third-order valence-electron chi connectivity index (χ3n) is 5.68. The Hall–Kier alpha value is -3.29. The van der Waals surface area contributed by atoms with E-state index < -0.39 is 5.60 Å². The smallest absolute Gasteiger partial charge is 0.410 e. The number of para-hydroxylation sites is 2. The molecule has 1 aromatic carbocycles. The van der Waals surface area contributed by atoms with Gasteiger partial charge in [0.1, 0.15) is 11.4 Å². The summed E-state index contributed by atoms with van der Waals surface area (Å²) in [7, 11) is 0. The molecule has 0 unspecified atom stereocenters. The lowest BCUT2D eigenvalue weighted by Gasteiger charge is -2.37. The molecule has 0 saturated carbocycles. The number of urea groups is 1. The summed E-state index contributed by atoms with van der Waals surface area (Å²) in [6.07, 6.45) is 3.22. The molecule has 0 spiro atoms. The van der Waals surface area contributed by atoms with E-state index in [4.69, 9.17) is 4.74 Å². The van der Waals surface area contributed by atoms with Crippen LogP contribution in [0.1, 0.15) is 33.6 Å². The molecular formula is C24H31N5O3. The minimum absolute atomic E-state index is 0.0566. The van der Waals surface area contributed by atoms with Gasteiger partial charge in [0, 0.05) is 32.4 Å². The fourth-order valence-electron chi connectivity index (χ4n) is 4.23. The van der Waals surface area contributed by atoms with Gasteiger partial charge in [-0.2, -0.15) is 0 Å². The maximum atomic E-state index is 13.1. The first-order chi connectivity index (χ1) is 15.3. The van der Waals surface area contributed by atoms with Crippen molar-refractivity contribution in [2.24, 2.45) is 0 Å². The Balaban J connectivity index is 1.43. The minimum Gasteiger partial charge on any atom is -0.444 e. The molecule has 2 aliphatic heterocycles. The first-order valence-corrected chi connectivity index (χ1v) is 11.2. The van der Waals surface area contributed by atoms with Crippen molar-refractivity contribution in [3.05, 3.63) is 48.7 Å². The number of fused-ring (bicyclic) bond motifs is 1. The van der Waals surface area contributed by atoms with Crippen molar-refractivity contribution in [2.75, 3.05) is 36.0 Å². The predicted molar refractivity (Wildman–Crippen MR) is 124 cm³/mol. The Bertz CT molecular complexity index is 960. The molecule has 8 heteroatoms. The summed E-state index contributed by atoms with van der Waals surface area (Å²) in [4.78, 5) is 35.7. The zero-order valence-corrected chi connectivity index (χ0v) is 19.0. The number of likely N-dealkylation sites (tertiary alicyclic amines) is 1. The van der Waals surface area contributed by atoms with Crippen LogP contribution in [0.5, 0.6) is 0 Å². The van der Waals surface area contributed by atoms with Crippen LogP contribution in [0.3, 0.4) is 0 Å². The van der Waals surface area contributed by atoms with Crippen molar-refractivity contribution < 1.29 is 14.3 Å². The van der Waals surface area contributed by atoms with Gasteiger partial charge in [-0.1, -0.05) is 18.2 Å². The summed E-state index contributed by atoms with van der Waals surface area (Å²) in [6, 6.07) is 13.5. The number of nitrogens with zero attached hydrogens (tertiary/aromatic N) is 4. The van der Waals surface area contributed by atoms with E-state index in [1.807, 2.05) is 63.2 Å². The Kier molecular flexibility index (Phi) is 6.21. The topological polar surface area (TPSA) is 78.0 Å². The number of ether oxygens (including phenoxy) is 1. The molecule has 1 saturated heterocycles. The normalized spacial score (nSPS) is 18.3. The predicted octanol–water partition coefficient (Wildman–Crippen LogP) is 4.15. The van der Waals surface area contributed by atoms with Crippen LogP contribution in [0.25, 0.3) is 0 Å². The Morgan fingerprint density at radius 1 is 1.06 bits per heavy atom. The molecule has 0 aliphatic carbocycles. The van der Waals surface area contributed by atoms with E-state index in [0.717, 1.165) is 30.0 Å². The first-order valence-electron chi connectivity index (χ1n) is 11.2. The maximum Gasteiger partial charge on any atom is 0.410 e. The molecule has 1 N–H and O–H groups in total. The van der Waals surface area contributed by atoms with Crippen LogP contribution in [-0.4, -0.2) is 59.8 Å². The number of benzene rings is 1. The summed E-state index contributed by atoms with van der Waals surface area (Å²) < 4.78 is 5.53. The number of pyridine rings is 1. The van der Waals surface area contributed by atoms with Gasteiger partial charge in [0.25, 0.3) is 0 Å². The molecule has 3 amide bonds. The first kappa shape index (κ1) is 21.9. The number of anilines is 3. The Labute approximate surface area is 189 Å². The third-order valence-corrected chi connectivity index (χ3v) is 5.68. The van der Waals surface area contributed by atoms with Crippen LogP contribution in [0.4, 0.5) is 26.8 Å². The highest BCUT2D eigenvalue weighted by atomic mass is 16.6. The molecule has 1 atom stereocenters. The lowest BCUT2D eigenvalue weighted by atomic mass is 10.1. The average molecular weight is 438 g/mol. The molecule has 0 radical (unpaired) electrons. The van der Waals surface area contributed by atoms with Gasteiger partial charge in [-0.25, -0.2) is 14.6 Å². The van der Waals surface area contributed by atoms with Gasteiger partial charge in [-0.05, 0) is 57.9 Å². The molecule has 170 valence electrons. The summed E-state index contributed by atoms with van der Waals surface area (Å²) in [5.74, 6) is 0.860. The minimum atomic E-state index is -0.537. The second-order valence-corrected chi connectivity index (χ2v) is 9.14. The van der Waals surface area contributed by atoms with Crippen LogP contribution in [-0.2, 0) is 4.74 Å². The largest absolute Gasteiger partial charge is 0.444 e. The number of aromatic nitrogens is 1. The number of rotatable bonds is 3. The molecule has 32 heavy (non-hydrogen) atoms. The van der Waals surface area contributed by atoms with Crippen molar-refractivity contribution in [3.8, 4) is 0 Å². The zero-order chi connectivity index (χ0) is 22.7. The number of nitrogens with one attached hydrogen (secondary N) is 1. The lowest BCUT2D eigenvalue weighted by molar-refractivity contribution is 0.0228.